The molecule has 4 nitrogen and oxygen atoms in total. The van der Waals surface area contributed by atoms with Crippen LogP contribution in [0.15, 0.2) is 0 Å². The summed E-state index contributed by atoms with van der Waals surface area (Å²) in [5.41, 5.74) is 5.36. The van der Waals surface area contributed by atoms with Crippen LogP contribution in [0.4, 0.5) is 0 Å². The quantitative estimate of drug-likeness (QED) is 0.738. The Morgan fingerprint density at radius 3 is 2.18 bits per heavy atom. The highest BCUT2D eigenvalue weighted by molar-refractivity contribution is 5.80. The molecular formula is C13H23NO3. The Morgan fingerprint density at radius 1 is 1.24 bits per heavy atom. The molecule has 2 fully saturated rings. The summed E-state index contributed by atoms with van der Waals surface area (Å²) in [5.74, 6) is 1.68. The lowest BCUT2D eigenvalue weighted by Gasteiger charge is -2.27. The monoisotopic (exact) mass is 241 g/mol. The summed E-state index contributed by atoms with van der Waals surface area (Å²) < 4.78 is 11.0. The molecule has 2 rings (SSSR count). The molecular weight excluding hydrogens is 218 g/mol. The Morgan fingerprint density at radius 2 is 1.76 bits per heavy atom. The molecule has 1 unspecified atom stereocenters. The van der Waals surface area contributed by atoms with Crippen LogP contribution in [0.5, 0.6) is 0 Å². The Balaban J connectivity index is 1.89. The van der Waals surface area contributed by atoms with Crippen molar-refractivity contribution < 1.29 is 14.3 Å². The molecule has 0 heterocycles. The van der Waals surface area contributed by atoms with Gasteiger partial charge in [-0.3, -0.25) is 4.79 Å². The number of carbonyl (C=O) groups is 1. The summed E-state index contributed by atoms with van der Waals surface area (Å²) in [6.07, 6.45) is 4.86. The van der Waals surface area contributed by atoms with Gasteiger partial charge in [-0.05, 0) is 30.6 Å². The molecule has 17 heavy (non-hydrogen) atoms. The van der Waals surface area contributed by atoms with Crippen molar-refractivity contribution in [2.45, 2.75) is 37.9 Å². The molecule has 3 atom stereocenters. The highest BCUT2D eigenvalue weighted by atomic mass is 16.7. The third kappa shape index (κ3) is 2.54. The van der Waals surface area contributed by atoms with Gasteiger partial charge in [0.15, 0.2) is 5.79 Å². The molecule has 0 radical (unpaired) electrons. The van der Waals surface area contributed by atoms with Gasteiger partial charge in [-0.25, -0.2) is 0 Å². The van der Waals surface area contributed by atoms with Crippen LogP contribution in [0.1, 0.15) is 32.1 Å². The molecule has 0 aromatic rings. The minimum absolute atomic E-state index is 0.186. The molecule has 0 saturated heterocycles. The van der Waals surface area contributed by atoms with E-state index in [1.54, 1.807) is 14.2 Å². The van der Waals surface area contributed by atoms with Crippen LogP contribution >= 0.6 is 0 Å². The number of fused-ring (bicyclic) bond motifs is 1. The minimum Gasteiger partial charge on any atom is -0.353 e. The van der Waals surface area contributed by atoms with Crippen LogP contribution in [0.25, 0.3) is 0 Å². The maximum Gasteiger partial charge on any atom is 0.168 e. The Hall–Kier alpha value is -0.450. The average Bonchev–Trinajstić information content (AvgIpc) is 2.84. The van der Waals surface area contributed by atoms with E-state index < -0.39 is 0 Å². The molecule has 0 aromatic heterocycles. The van der Waals surface area contributed by atoms with Gasteiger partial charge in [-0.1, -0.05) is 0 Å². The van der Waals surface area contributed by atoms with Crippen molar-refractivity contribution in [3.8, 4) is 0 Å². The molecule has 0 amide bonds. The van der Waals surface area contributed by atoms with E-state index in [9.17, 15) is 4.79 Å². The number of carbonyl (C=O) groups excluding carboxylic acids is 1. The Bertz CT molecular complexity index is 272. The van der Waals surface area contributed by atoms with Crippen LogP contribution < -0.4 is 5.73 Å². The SMILES string of the molecule is COC1(OC)C[C@H]2CC(CC(=O)CN)C[C@H]2C1. The first-order valence-corrected chi connectivity index (χ1v) is 6.44. The minimum atomic E-state index is -0.363. The number of nitrogens with two attached hydrogens (primary N) is 1. The zero-order chi connectivity index (χ0) is 12.5. The van der Waals surface area contributed by atoms with Crippen molar-refractivity contribution in [3.63, 3.8) is 0 Å². The van der Waals surface area contributed by atoms with E-state index in [1.165, 1.54) is 0 Å². The zero-order valence-corrected chi connectivity index (χ0v) is 10.8. The summed E-state index contributed by atoms with van der Waals surface area (Å²) in [6.45, 7) is 0.186. The zero-order valence-electron chi connectivity index (χ0n) is 10.8. The predicted molar refractivity (Wildman–Crippen MR) is 64.4 cm³/mol. The molecule has 0 aliphatic heterocycles. The number of ketones is 1. The van der Waals surface area contributed by atoms with Gasteiger partial charge in [0.05, 0.1) is 6.54 Å². The third-order valence-corrected chi connectivity index (χ3v) is 4.57. The molecule has 0 bridgehead atoms. The lowest BCUT2D eigenvalue weighted by Crippen LogP contribution is -2.31. The van der Waals surface area contributed by atoms with Gasteiger partial charge in [0.2, 0.25) is 0 Å². The van der Waals surface area contributed by atoms with Crippen molar-refractivity contribution in [1.82, 2.24) is 0 Å². The molecule has 2 N–H and O–H groups in total. The van der Waals surface area contributed by atoms with Crippen molar-refractivity contribution in [1.29, 1.82) is 0 Å². The number of hydrogen-bond donors (Lipinski definition) is 1. The second kappa shape index (κ2) is 5.04. The van der Waals surface area contributed by atoms with Crippen LogP contribution in [-0.4, -0.2) is 32.3 Å². The maximum absolute atomic E-state index is 11.4. The normalized spacial score (nSPS) is 34.9. The first-order valence-electron chi connectivity index (χ1n) is 6.44. The molecule has 98 valence electrons. The van der Waals surface area contributed by atoms with E-state index in [-0.39, 0.29) is 18.1 Å². The number of ether oxygens (including phenoxy) is 2. The molecule has 2 aliphatic carbocycles. The van der Waals surface area contributed by atoms with E-state index in [0.717, 1.165) is 25.7 Å². The molecule has 2 saturated carbocycles. The fourth-order valence-electron chi connectivity index (χ4n) is 3.71. The fraction of sp³-hybridized carbons (Fsp3) is 0.923. The second-order valence-corrected chi connectivity index (χ2v) is 5.53. The van der Waals surface area contributed by atoms with Gasteiger partial charge in [-0.15, -0.1) is 0 Å². The van der Waals surface area contributed by atoms with Gasteiger partial charge >= 0.3 is 0 Å². The molecule has 0 aromatic carbocycles. The number of hydrogen-bond acceptors (Lipinski definition) is 4. The Kier molecular flexibility index (Phi) is 3.85. The summed E-state index contributed by atoms with van der Waals surface area (Å²) in [5, 5.41) is 0. The van der Waals surface area contributed by atoms with Crippen LogP contribution in [0.3, 0.4) is 0 Å². The fourth-order valence-corrected chi connectivity index (χ4v) is 3.71. The summed E-state index contributed by atoms with van der Waals surface area (Å²) in [7, 11) is 3.44. The third-order valence-electron chi connectivity index (χ3n) is 4.57. The standard InChI is InChI=1S/C13H23NO3/c1-16-13(17-2)6-10-3-9(4-11(10)7-13)5-12(15)8-14/h9-11H,3-8,14H2,1-2H3/t9?,10-,11+. The van der Waals surface area contributed by atoms with E-state index in [2.05, 4.69) is 0 Å². The first kappa shape index (κ1) is 13.0. The predicted octanol–water partition coefficient (Wildman–Crippen LogP) is 1.33. The molecule has 2 aliphatic rings. The lowest BCUT2D eigenvalue weighted by molar-refractivity contribution is -0.205. The highest BCUT2D eigenvalue weighted by Crippen LogP contribution is 2.52. The Labute approximate surface area is 103 Å². The first-order chi connectivity index (χ1) is 8.12. The number of methoxy groups -OCH3 is 2. The van der Waals surface area contributed by atoms with Gasteiger partial charge in [0.1, 0.15) is 5.78 Å². The van der Waals surface area contributed by atoms with Crippen molar-refractivity contribution in [2.24, 2.45) is 23.5 Å². The van der Waals surface area contributed by atoms with E-state index in [1.807, 2.05) is 0 Å². The van der Waals surface area contributed by atoms with E-state index in [0.29, 0.717) is 24.2 Å². The highest BCUT2D eigenvalue weighted by Gasteiger charge is 2.50. The van der Waals surface area contributed by atoms with E-state index >= 15 is 0 Å². The topological polar surface area (TPSA) is 61.5 Å². The summed E-state index contributed by atoms with van der Waals surface area (Å²) >= 11 is 0. The summed E-state index contributed by atoms with van der Waals surface area (Å²) in [4.78, 5) is 11.4. The van der Waals surface area contributed by atoms with Gasteiger partial charge in [-0.2, -0.15) is 0 Å². The molecule has 4 heteroatoms. The van der Waals surface area contributed by atoms with E-state index in [4.69, 9.17) is 15.2 Å². The lowest BCUT2D eigenvalue weighted by atomic mass is 9.96. The van der Waals surface area contributed by atoms with Crippen LogP contribution in [-0.2, 0) is 14.3 Å². The smallest absolute Gasteiger partial charge is 0.168 e. The van der Waals surface area contributed by atoms with Crippen LogP contribution in [0.2, 0.25) is 0 Å². The van der Waals surface area contributed by atoms with Gasteiger partial charge in [0, 0.05) is 33.5 Å². The number of rotatable bonds is 5. The maximum atomic E-state index is 11.4. The van der Waals surface area contributed by atoms with Gasteiger partial charge in [0.25, 0.3) is 0 Å². The molecule has 0 spiro atoms. The number of Topliss-reactive ketones (excluding diaryl/α,β-unsaturated/α-hetero) is 1. The van der Waals surface area contributed by atoms with Crippen molar-refractivity contribution in [3.05, 3.63) is 0 Å². The van der Waals surface area contributed by atoms with Crippen molar-refractivity contribution in [2.75, 3.05) is 20.8 Å². The van der Waals surface area contributed by atoms with Crippen LogP contribution in [0, 0.1) is 17.8 Å². The summed E-state index contributed by atoms with van der Waals surface area (Å²) in [6, 6.07) is 0. The van der Waals surface area contributed by atoms with Gasteiger partial charge < -0.3 is 15.2 Å². The largest absolute Gasteiger partial charge is 0.353 e. The second-order valence-electron chi connectivity index (χ2n) is 5.53. The average molecular weight is 241 g/mol. The van der Waals surface area contributed by atoms with Crippen molar-refractivity contribution >= 4 is 5.78 Å².